The number of pyridine rings is 1. The van der Waals surface area contributed by atoms with Crippen LogP contribution in [-0.4, -0.2) is 82.5 Å². The molecule has 0 saturated carbocycles. The van der Waals surface area contributed by atoms with Crippen LogP contribution in [0, 0.1) is 6.92 Å². The van der Waals surface area contributed by atoms with Gasteiger partial charge in [-0.3, -0.25) is 9.59 Å². The Hall–Kier alpha value is -2.79. The lowest BCUT2D eigenvalue weighted by Gasteiger charge is -2.34. The molecule has 1 atom stereocenters. The molecule has 33 heavy (non-hydrogen) atoms. The number of amides is 2. The van der Waals surface area contributed by atoms with Crippen LogP contribution in [0.5, 0.6) is 0 Å². The molecule has 0 unspecified atom stereocenters. The first kappa shape index (κ1) is 22.0. The van der Waals surface area contributed by atoms with E-state index in [9.17, 15) is 18.0 Å². The van der Waals surface area contributed by atoms with Crippen molar-refractivity contribution in [3.8, 4) is 10.6 Å². The SMILES string of the molecule is CC(=O)N1CCN(C(=O)c2cc(-c3cccs3)nc3c2c(C)nn3[C@H]2CCS(=O)(=O)C2)CC1. The van der Waals surface area contributed by atoms with Gasteiger partial charge in [0, 0.05) is 33.1 Å². The van der Waals surface area contributed by atoms with Gasteiger partial charge in [-0.25, -0.2) is 18.1 Å². The van der Waals surface area contributed by atoms with Gasteiger partial charge in [0.15, 0.2) is 15.5 Å². The Kier molecular flexibility index (Phi) is 5.48. The second-order valence-corrected chi connectivity index (χ2v) is 11.8. The van der Waals surface area contributed by atoms with Crippen LogP contribution in [0.15, 0.2) is 23.6 Å². The van der Waals surface area contributed by atoms with Crippen molar-refractivity contribution in [1.82, 2.24) is 24.6 Å². The van der Waals surface area contributed by atoms with Crippen molar-refractivity contribution >= 4 is 44.0 Å². The van der Waals surface area contributed by atoms with E-state index in [1.54, 1.807) is 14.5 Å². The Morgan fingerprint density at radius 1 is 1.15 bits per heavy atom. The minimum absolute atomic E-state index is 0.0111. The summed E-state index contributed by atoms with van der Waals surface area (Å²) in [7, 11) is -3.11. The van der Waals surface area contributed by atoms with Gasteiger partial charge in [0.05, 0.1) is 44.8 Å². The number of aryl methyl sites for hydroxylation is 1. The van der Waals surface area contributed by atoms with Crippen molar-refractivity contribution in [3.05, 3.63) is 34.8 Å². The van der Waals surface area contributed by atoms with E-state index in [1.807, 2.05) is 30.5 Å². The highest BCUT2D eigenvalue weighted by Gasteiger charge is 2.33. The molecule has 11 heteroatoms. The van der Waals surface area contributed by atoms with Gasteiger partial charge in [-0.15, -0.1) is 11.3 Å². The van der Waals surface area contributed by atoms with E-state index >= 15 is 0 Å². The van der Waals surface area contributed by atoms with E-state index in [0.717, 1.165) is 4.88 Å². The summed E-state index contributed by atoms with van der Waals surface area (Å²) in [6.45, 7) is 5.31. The molecule has 0 N–H and O–H groups in total. The standard InChI is InChI=1S/C22H25N5O4S2/c1-14-20-17(22(29)26-8-6-25(7-9-26)15(2)28)12-18(19-4-3-10-32-19)23-21(20)27(24-14)16-5-11-33(30,31)13-16/h3-4,10,12,16H,5-9,11,13H2,1-2H3/t16-/m0/s1. The fourth-order valence-electron chi connectivity index (χ4n) is 4.65. The number of nitrogens with zero attached hydrogens (tertiary/aromatic N) is 5. The van der Waals surface area contributed by atoms with Gasteiger partial charge in [0.25, 0.3) is 5.91 Å². The third-order valence-electron chi connectivity index (χ3n) is 6.41. The molecule has 0 aromatic carbocycles. The van der Waals surface area contributed by atoms with Gasteiger partial charge in [-0.05, 0) is 30.9 Å². The second-order valence-electron chi connectivity index (χ2n) is 8.62. The predicted molar refractivity (Wildman–Crippen MR) is 126 cm³/mol. The fraction of sp³-hybridized carbons (Fsp3) is 0.455. The maximum absolute atomic E-state index is 13.7. The van der Waals surface area contributed by atoms with Gasteiger partial charge >= 0.3 is 0 Å². The maximum Gasteiger partial charge on any atom is 0.254 e. The molecule has 2 fully saturated rings. The zero-order valence-corrected chi connectivity index (χ0v) is 20.2. The largest absolute Gasteiger partial charge is 0.339 e. The van der Waals surface area contributed by atoms with Crippen LogP contribution in [0.1, 0.15) is 35.4 Å². The maximum atomic E-state index is 13.7. The number of fused-ring (bicyclic) bond motifs is 1. The zero-order valence-electron chi connectivity index (χ0n) is 18.5. The molecule has 0 bridgehead atoms. The molecule has 3 aromatic heterocycles. The van der Waals surface area contributed by atoms with Crippen molar-refractivity contribution in [3.63, 3.8) is 0 Å². The highest BCUT2D eigenvalue weighted by molar-refractivity contribution is 7.91. The lowest BCUT2D eigenvalue weighted by molar-refractivity contribution is -0.130. The number of sulfone groups is 1. The molecular formula is C22H25N5O4S2. The van der Waals surface area contributed by atoms with Crippen LogP contribution in [0.2, 0.25) is 0 Å². The van der Waals surface area contributed by atoms with Crippen molar-refractivity contribution in [2.75, 3.05) is 37.7 Å². The number of aromatic nitrogens is 3. The van der Waals surface area contributed by atoms with Crippen molar-refractivity contribution in [1.29, 1.82) is 0 Å². The molecule has 5 rings (SSSR count). The monoisotopic (exact) mass is 487 g/mol. The summed E-state index contributed by atoms with van der Waals surface area (Å²) in [4.78, 5) is 34.6. The molecule has 2 saturated heterocycles. The van der Waals surface area contributed by atoms with Crippen LogP contribution < -0.4 is 0 Å². The van der Waals surface area contributed by atoms with Crippen LogP contribution in [-0.2, 0) is 14.6 Å². The summed E-state index contributed by atoms with van der Waals surface area (Å²) >= 11 is 1.53. The quantitative estimate of drug-likeness (QED) is 0.560. The molecule has 174 valence electrons. The Balaban J connectivity index is 1.60. The molecule has 9 nitrogen and oxygen atoms in total. The highest BCUT2D eigenvalue weighted by Crippen LogP contribution is 2.33. The van der Waals surface area contributed by atoms with Gasteiger partial charge in [-0.1, -0.05) is 6.07 Å². The Labute approximate surface area is 195 Å². The topological polar surface area (TPSA) is 105 Å². The fourth-order valence-corrected chi connectivity index (χ4v) is 7.03. The van der Waals surface area contributed by atoms with E-state index in [0.29, 0.717) is 60.6 Å². The molecule has 0 radical (unpaired) electrons. The second kappa shape index (κ2) is 8.21. The third-order valence-corrected chi connectivity index (χ3v) is 9.05. The summed E-state index contributed by atoms with van der Waals surface area (Å²) in [5.41, 5.74) is 2.39. The first-order valence-electron chi connectivity index (χ1n) is 10.9. The highest BCUT2D eigenvalue weighted by atomic mass is 32.2. The predicted octanol–water partition coefficient (Wildman–Crippen LogP) is 2.13. The lowest BCUT2D eigenvalue weighted by Crippen LogP contribution is -2.50. The number of hydrogen-bond donors (Lipinski definition) is 0. The minimum atomic E-state index is -3.11. The van der Waals surface area contributed by atoms with Gasteiger partial charge in [0.1, 0.15) is 0 Å². The Morgan fingerprint density at radius 3 is 2.48 bits per heavy atom. The summed E-state index contributed by atoms with van der Waals surface area (Å²) < 4.78 is 25.9. The van der Waals surface area contributed by atoms with Crippen molar-refractivity contribution in [2.45, 2.75) is 26.3 Å². The van der Waals surface area contributed by atoms with E-state index in [-0.39, 0.29) is 29.4 Å². The molecule has 3 aromatic rings. The number of hydrogen-bond acceptors (Lipinski definition) is 7. The molecule has 2 aliphatic heterocycles. The number of piperazine rings is 1. The summed E-state index contributed by atoms with van der Waals surface area (Å²) in [5, 5.41) is 7.27. The number of carbonyl (C=O) groups excluding carboxylic acids is 2. The molecular weight excluding hydrogens is 462 g/mol. The average Bonchev–Trinajstić information content (AvgIpc) is 3.52. The smallest absolute Gasteiger partial charge is 0.254 e. The van der Waals surface area contributed by atoms with Crippen molar-refractivity contribution < 1.29 is 18.0 Å². The first-order valence-corrected chi connectivity index (χ1v) is 13.6. The summed E-state index contributed by atoms with van der Waals surface area (Å²) in [6.07, 6.45) is 0.486. The van der Waals surface area contributed by atoms with Crippen LogP contribution in [0.4, 0.5) is 0 Å². The van der Waals surface area contributed by atoms with Gasteiger partial charge < -0.3 is 9.80 Å². The van der Waals surface area contributed by atoms with Crippen molar-refractivity contribution in [2.24, 2.45) is 0 Å². The third kappa shape index (κ3) is 4.04. The minimum Gasteiger partial charge on any atom is -0.339 e. The molecule has 0 aliphatic carbocycles. The number of carbonyl (C=O) groups is 2. The normalized spacial score (nSPS) is 20.5. The van der Waals surface area contributed by atoms with E-state index in [1.165, 1.54) is 18.3 Å². The number of thiophene rings is 1. The molecule has 5 heterocycles. The lowest BCUT2D eigenvalue weighted by atomic mass is 10.1. The summed E-state index contributed by atoms with van der Waals surface area (Å²) in [5.74, 6) is 0.0568. The average molecular weight is 488 g/mol. The van der Waals surface area contributed by atoms with E-state index in [4.69, 9.17) is 4.98 Å². The van der Waals surface area contributed by atoms with Crippen LogP contribution in [0.25, 0.3) is 21.6 Å². The van der Waals surface area contributed by atoms with Crippen LogP contribution >= 0.6 is 11.3 Å². The first-order chi connectivity index (χ1) is 15.7. The van der Waals surface area contributed by atoms with E-state index < -0.39 is 9.84 Å². The van der Waals surface area contributed by atoms with Gasteiger partial charge in [-0.2, -0.15) is 5.10 Å². The molecule has 0 spiro atoms. The number of rotatable bonds is 3. The Morgan fingerprint density at radius 2 is 1.88 bits per heavy atom. The Bertz CT molecular complexity index is 1340. The van der Waals surface area contributed by atoms with Crippen LogP contribution in [0.3, 0.4) is 0 Å². The summed E-state index contributed by atoms with van der Waals surface area (Å²) in [6, 6.07) is 5.41. The zero-order chi connectivity index (χ0) is 23.3. The molecule has 2 amide bonds. The van der Waals surface area contributed by atoms with Gasteiger partial charge in [0.2, 0.25) is 5.91 Å². The molecule has 2 aliphatic rings. The van der Waals surface area contributed by atoms with E-state index in [2.05, 4.69) is 5.10 Å².